The smallest absolute Gasteiger partial charge is 0.305 e. The highest BCUT2D eigenvalue weighted by Gasteiger charge is 2.18. The number of ether oxygens (including phenoxy) is 1. The number of carbonyl (C=O) groups is 2. The number of amides is 1. The predicted octanol–water partition coefficient (Wildman–Crippen LogP) is 17.3. The zero-order valence-electron chi connectivity index (χ0n) is 42.6. The molecule has 0 saturated carbocycles. The average Bonchev–Trinajstić information content (AvgIpc) is 3.28. The number of allylic oxidation sites excluding steroid dienone is 1. The summed E-state index contributed by atoms with van der Waals surface area (Å²) in [4.78, 5) is 24.5. The summed E-state index contributed by atoms with van der Waals surface area (Å²) in [5, 5.41) is 23.0. The van der Waals surface area contributed by atoms with Crippen molar-refractivity contribution in [3.05, 3.63) is 12.2 Å². The number of hydrogen-bond donors (Lipinski definition) is 3. The van der Waals surface area contributed by atoms with Crippen molar-refractivity contribution in [1.29, 1.82) is 0 Å². The summed E-state index contributed by atoms with van der Waals surface area (Å²) in [6.45, 7) is 4.89. The van der Waals surface area contributed by atoms with Gasteiger partial charge in [-0.25, -0.2) is 0 Å². The molecule has 3 N–H and O–H groups in total. The van der Waals surface area contributed by atoms with E-state index >= 15 is 0 Å². The first kappa shape index (κ1) is 61.6. The Morgan fingerprint density at radius 2 is 0.730 bits per heavy atom. The Kier molecular flexibility index (Phi) is 52.0. The Labute approximate surface area is 393 Å². The maximum atomic E-state index is 12.4. The van der Waals surface area contributed by atoms with Gasteiger partial charge in [-0.1, -0.05) is 283 Å². The molecule has 0 aliphatic heterocycles. The van der Waals surface area contributed by atoms with Crippen LogP contribution in [0.2, 0.25) is 0 Å². The van der Waals surface area contributed by atoms with Crippen LogP contribution in [-0.4, -0.2) is 47.4 Å². The van der Waals surface area contributed by atoms with Gasteiger partial charge in [-0.05, 0) is 32.1 Å². The third-order valence-corrected chi connectivity index (χ3v) is 13.3. The Morgan fingerprint density at radius 3 is 1.08 bits per heavy atom. The number of aliphatic hydroxyl groups excluding tert-OH is 2. The first-order chi connectivity index (χ1) is 31.0. The minimum absolute atomic E-state index is 0.0110. The van der Waals surface area contributed by atoms with Crippen molar-refractivity contribution in [2.24, 2.45) is 0 Å². The van der Waals surface area contributed by atoms with E-state index in [1.807, 2.05) is 6.08 Å². The monoisotopic (exact) mass is 890 g/mol. The van der Waals surface area contributed by atoms with Gasteiger partial charge in [0.25, 0.3) is 0 Å². The minimum atomic E-state index is -0.844. The van der Waals surface area contributed by atoms with Gasteiger partial charge >= 0.3 is 5.97 Å². The van der Waals surface area contributed by atoms with Crippen molar-refractivity contribution in [2.75, 3.05) is 13.2 Å². The molecular weight excluding hydrogens is 779 g/mol. The van der Waals surface area contributed by atoms with Gasteiger partial charge < -0.3 is 20.3 Å². The summed E-state index contributed by atoms with van der Waals surface area (Å²) in [7, 11) is 0. The van der Waals surface area contributed by atoms with Crippen molar-refractivity contribution in [3.63, 3.8) is 0 Å². The lowest BCUT2D eigenvalue weighted by Gasteiger charge is -2.20. The number of esters is 1. The molecule has 0 bridgehead atoms. The van der Waals surface area contributed by atoms with E-state index in [9.17, 15) is 19.8 Å². The minimum Gasteiger partial charge on any atom is -0.466 e. The SMILES string of the molecule is CCCCCCCCCC/C=C/C(O)C(CO)NC(=O)CCCCCCCCCCCCCCCCCCCCOC(=O)CCCCCCCCCCCCCCCCCCCC. The van der Waals surface area contributed by atoms with E-state index in [2.05, 4.69) is 19.2 Å². The number of rotatable bonds is 53. The molecule has 374 valence electrons. The molecule has 0 aromatic rings. The lowest BCUT2D eigenvalue weighted by atomic mass is 10.0. The highest BCUT2D eigenvalue weighted by Crippen LogP contribution is 2.17. The fourth-order valence-electron chi connectivity index (χ4n) is 8.93. The van der Waals surface area contributed by atoms with Crippen molar-refractivity contribution in [1.82, 2.24) is 5.32 Å². The van der Waals surface area contributed by atoms with Gasteiger partial charge in [0.05, 0.1) is 25.4 Å². The van der Waals surface area contributed by atoms with Crippen LogP contribution in [0, 0.1) is 0 Å². The van der Waals surface area contributed by atoms with E-state index < -0.39 is 12.1 Å². The normalized spacial score (nSPS) is 12.6. The molecule has 2 unspecified atom stereocenters. The molecule has 0 aliphatic carbocycles. The highest BCUT2D eigenvalue weighted by molar-refractivity contribution is 5.76. The van der Waals surface area contributed by atoms with Crippen LogP contribution in [0.15, 0.2) is 12.2 Å². The summed E-state index contributed by atoms with van der Waals surface area (Å²) in [5.74, 6) is -0.0618. The van der Waals surface area contributed by atoms with Crippen molar-refractivity contribution >= 4 is 11.9 Å². The number of nitrogens with one attached hydrogen (secondary N) is 1. The van der Waals surface area contributed by atoms with Crippen LogP contribution in [0.3, 0.4) is 0 Å². The predicted molar refractivity (Wildman–Crippen MR) is 273 cm³/mol. The van der Waals surface area contributed by atoms with Crippen LogP contribution >= 0.6 is 0 Å². The van der Waals surface area contributed by atoms with Crippen LogP contribution in [0.4, 0.5) is 0 Å². The topological polar surface area (TPSA) is 95.9 Å². The summed E-state index contributed by atoms with van der Waals surface area (Å²) in [5.41, 5.74) is 0. The van der Waals surface area contributed by atoms with Crippen molar-refractivity contribution < 1.29 is 24.5 Å². The molecule has 2 atom stereocenters. The lowest BCUT2D eigenvalue weighted by Crippen LogP contribution is -2.45. The quantitative estimate of drug-likeness (QED) is 0.0321. The summed E-state index contributed by atoms with van der Waals surface area (Å²) >= 11 is 0. The molecule has 0 fully saturated rings. The molecule has 0 heterocycles. The third-order valence-electron chi connectivity index (χ3n) is 13.3. The molecule has 0 aromatic heterocycles. The Balaban J connectivity index is 3.37. The standard InChI is InChI=1S/C57H111NO5/c1-3-5-7-9-11-13-15-16-17-18-22-25-28-31-35-39-43-47-51-57(62)63-52-48-44-40-36-32-29-26-23-20-19-21-24-27-30-34-38-42-46-50-56(61)58-54(53-59)55(60)49-45-41-37-33-14-12-10-8-6-4-2/h45,49,54-55,59-60H,3-44,46-48,50-53H2,1-2H3,(H,58,61)/b49-45+. The van der Waals surface area contributed by atoms with E-state index in [1.165, 1.54) is 250 Å². The van der Waals surface area contributed by atoms with Crippen LogP contribution < -0.4 is 5.32 Å². The van der Waals surface area contributed by atoms with Gasteiger partial charge in [-0.3, -0.25) is 9.59 Å². The van der Waals surface area contributed by atoms with Gasteiger partial charge in [-0.2, -0.15) is 0 Å². The molecule has 63 heavy (non-hydrogen) atoms. The van der Waals surface area contributed by atoms with Gasteiger partial charge in [0.15, 0.2) is 0 Å². The maximum absolute atomic E-state index is 12.4. The lowest BCUT2D eigenvalue weighted by molar-refractivity contribution is -0.143. The first-order valence-corrected chi connectivity index (χ1v) is 28.5. The molecule has 0 spiro atoms. The van der Waals surface area contributed by atoms with Crippen molar-refractivity contribution in [3.8, 4) is 0 Å². The van der Waals surface area contributed by atoms with E-state index in [4.69, 9.17) is 4.74 Å². The Bertz CT molecular complexity index is 939. The second kappa shape index (κ2) is 53.2. The number of aliphatic hydroxyl groups is 2. The largest absolute Gasteiger partial charge is 0.466 e. The van der Waals surface area contributed by atoms with Gasteiger partial charge in [0.2, 0.25) is 5.91 Å². The number of hydrogen-bond acceptors (Lipinski definition) is 5. The van der Waals surface area contributed by atoms with Gasteiger partial charge in [0.1, 0.15) is 0 Å². The molecule has 0 aliphatic rings. The van der Waals surface area contributed by atoms with Crippen LogP contribution in [0.1, 0.15) is 316 Å². The average molecular weight is 891 g/mol. The van der Waals surface area contributed by atoms with E-state index in [0.29, 0.717) is 19.4 Å². The zero-order chi connectivity index (χ0) is 45.8. The molecule has 1 amide bonds. The van der Waals surface area contributed by atoms with Crippen LogP contribution in [0.5, 0.6) is 0 Å². The highest BCUT2D eigenvalue weighted by atomic mass is 16.5. The molecule has 0 rings (SSSR count). The Morgan fingerprint density at radius 1 is 0.429 bits per heavy atom. The van der Waals surface area contributed by atoms with Crippen molar-refractivity contribution in [2.45, 2.75) is 328 Å². The van der Waals surface area contributed by atoms with Gasteiger partial charge in [0, 0.05) is 12.8 Å². The molecular formula is C57H111NO5. The molecule has 0 aromatic carbocycles. The number of carbonyl (C=O) groups excluding carboxylic acids is 2. The summed E-state index contributed by atoms with van der Waals surface area (Å²) < 4.78 is 5.49. The van der Waals surface area contributed by atoms with Crippen LogP contribution in [0.25, 0.3) is 0 Å². The van der Waals surface area contributed by atoms with Crippen LogP contribution in [-0.2, 0) is 14.3 Å². The molecule has 0 saturated heterocycles. The van der Waals surface area contributed by atoms with E-state index in [1.54, 1.807) is 6.08 Å². The van der Waals surface area contributed by atoms with Gasteiger partial charge in [-0.15, -0.1) is 0 Å². The molecule has 6 heteroatoms. The Hall–Kier alpha value is -1.40. The summed E-state index contributed by atoms with van der Waals surface area (Å²) in [6, 6.07) is -0.628. The second-order valence-electron chi connectivity index (χ2n) is 19.6. The maximum Gasteiger partial charge on any atom is 0.305 e. The fourth-order valence-corrected chi connectivity index (χ4v) is 8.93. The summed E-state index contributed by atoms with van der Waals surface area (Å²) in [6.07, 6.45) is 62.4. The fraction of sp³-hybridized carbons (Fsp3) is 0.930. The van der Waals surface area contributed by atoms with E-state index in [-0.39, 0.29) is 18.5 Å². The zero-order valence-corrected chi connectivity index (χ0v) is 42.6. The van der Waals surface area contributed by atoms with E-state index in [0.717, 1.165) is 38.5 Å². The first-order valence-electron chi connectivity index (χ1n) is 28.5. The molecule has 6 nitrogen and oxygen atoms in total. The second-order valence-corrected chi connectivity index (χ2v) is 19.6. The number of unbranched alkanes of at least 4 members (excludes halogenated alkanes) is 42. The third kappa shape index (κ3) is 49.9. The molecule has 0 radical (unpaired) electrons.